The molecule has 2 unspecified atom stereocenters. The maximum absolute atomic E-state index is 12.1. The van der Waals surface area contributed by atoms with Gasteiger partial charge < -0.3 is 19.2 Å². The van der Waals surface area contributed by atoms with Crippen LogP contribution in [0.3, 0.4) is 0 Å². The highest BCUT2D eigenvalue weighted by Gasteiger charge is 2.32. The zero-order chi connectivity index (χ0) is 13.3. The van der Waals surface area contributed by atoms with Crippen LogP contribution in [-0.2, 0) is 4.74 Å². The summed E-state index contributed by atoms with van der Waals surface area (Å²) >= 11 is 0. The van der Waals surface area contributed by atoms with E-state index in [1.54, 1.807) is 11.9 Å². The third-order valence-corrected chi connectivity index (χ3v) is 3.21. The third kappa shape index (κ3) is 2.24. The van der Waals surface area contributed by atoms with E-state index in [0.29, 0.717) is 6.61 Å². The minimum atomic E-state index is -1.11. The highest BCUT2D eigenvalue weighted by molar-refractivity contribution is 5.95. The largest absolute Gasteiger partial charge is 0.478 e. The number of nitrogens with zero attached hydrogens (tertiary/aromatic N) is 1. The first kappa shape index (κ1) is 12.6. The molecule has 0 aromatic carbocycles. The number of furan rings is 1. The summed E-state index contributed by atoms with van der Waals surface area (Å²) in [6, 6.07) is 1.23. The van der Waals surface area contributed by atoms with Crippen molar-refractivity contribution in [1.29, 1.82) is 0 Å². The van der Waals surface area contributed by atoms with Crippen LogP contribution in [0.4, 0.5) is 0 Å². The van der Waals surface area contributed by atoms with Gasteiger partial charge in [0, 0.05) is 19.7 Å². The summed E-state index contributed by atoms with van der Waals surface area (Å²) in [6.45, 7) is 2.54. The number of carboxylic acid groups (broad SMARTS) is 1. The van der Waals surface area contributed by atoms with Crippen molar-refractivity contribution in [3.05, 3.63) is 23.7 Å². The summed E-state index contributed by atoms with van der Waals surface area (Å²) in [5.41, 5.74) is -0.0255. The molecule has 1 N–H and O–H groups in total. The monoisotopic (exact) mass is 253 g/mol. The quantitative estimate of drug-likeness (QED) is 0.876. The maximum atomic E-state index is 12.1. The Hall–Kier alpha value is -1.82. The third-order valence-electron chi connectivity index (χ3n) is 3.21. The van der Waals surface area contributed by atoms with Crippen LogP contribution in [0.25, 0.3) is 0 Å². The molecule has 18 heavy (non-hydrogen) atoms. The van der Waals surface area contributed by atoms with Crippen molar-refractivity contribution < 1.29 is 23.8 Å². The van der Waals surface area contributed by atoms with Gasteiger partial charge in [-0.25, -0.2) is 4.79 Å². The van der Waals surface area contributed by atoms with Crippen LogP contribution in [0.5, 0.6) is 0 Å². The fraction of sp³-hybridized carbons (Fsp3) is 0.500. The van der Waals surface area contributed by atoms with Crippen LogP contribution in [0.15, 0.2) is 16.7 Å². The number of hydrogen-bond donors (Lipinski definition) is 1. The van der Waals surface area contributed by atoms with Gasteiger partial charge in [-0.1, -0.05) is 0 Å². The number of rotatable bonds is 3. The predicted molar refractivity (Wildman–Crippen MR) is 61.6 cm³/mol. The number of carbonyl (C=O) groups is 2. The number of hydrogen-bond acceptors (Lipinski definition) is 4. The predicted octanol–water partition coefficient (Wildman–Crippen LogP) is 1.23. The van der Waals surface area contributed by atoms with Gasteiger partial charge in [0.25, 0.3) is 5.91 Å². The van der Waals surface area contributed by atoms with E-state index in [4.69, 9.17) is 14.3 Å². The zero-order valence-electron chi connectivity index (χ0n) is 10.3. The smallest absolute Gasteiger partial charge is 0.338 e. The molecule has 6 nitrogen and oxygen atoms in total. The molecule has 0 radical (unpaired) electrons. The second kappa shape index (κ2) is 4.81. The molecule has 2 heterocycles. The van der Waals surface area contributed by atoms with Gasteiger partial charge >= 0.3 is 5.97 Å². The Morgan fingerprint density at radius 1 is 1.50 bits per heavy atom. The fourth-order valence-electron chi connectivity index (χ4n) is 2.11. The molecule has 1 saturated heterocycles. The molecule has 0 bridgehead atoms. The summed E-state index contributed by atoms with van der Waals surface area (Å²) in [4.78, 5) is 24.4. The SMILES string of the molecule is CC1OCCC1N(C)C(=O)c1cc(C(=O)O)co1. The lowest BCUT2D eigenvalue weighted by Gasteiger charge is -2.25. The second-order valence-corrected chi connectivity index (χ2v) is 4.35. The molecular weight excluding hydrogens is 238 g/mol. The van der Waals surface area contributed by atoms with Gasteiger partial charge in [-0.15, -0.1) is 0 Å². The topological polar surface area (TPSA) is 80.0 Å². The van der Waals surface area contributed by atoms with Crippen LogP contribution >= 0.6 is 0 Å². The summed E-state index contributed by atoms with van der Waals surface area (Å²) in [5.74, 6) is -1.41. The van der Waals surface area contributed by atoms with E-state index in [-0.39, 0.29) is 29.4 Å². The second-order valence-electron chi connectivity index (χ2n) is 4.35. The Morgan fingerprint density at radius 2 is 2.22 bits per heavy atom. The summed E-state index contributed by atoms with van der Waals surface area (Å²) in [5, 5.41) is 8.77. The van der Waals surface area contributed by atoms with Crippen molar-refractivity contribution in [3.8, 4) is 0 Å². The lowest BCUT2D eigenvalue weighted by atomic mass is 10.1. The Morgan fingerprint density at radius 3 is 2.72 bits per heavy atom. The van der Waals surface area contributed by atoms with Gasteiger partial charge in [-0.05, 0) is 13.3 Å². The Balaban J connectivity index is 2.12. The number of carboxylic acids is 1. The Labute approximate surface area is 104 Å². The van der Waals surface area contributed by atoms with E-state index in [9.17, 15) is 9.59 Å². The number of amides is 1. The van der Waals surface area contributed by atoms with Crippen molar-refractivity contribution in [3.63, 3.8) is 0 Å². The van der Waals surface area contributed by atoms with Crippen molar-refractivity contribution in [2.24, 2.45) is 0 Å². The number of ether oxygens (including phenoxy) is 1. The van der Waals surface area contributed by atoms with Crippen LogP contribution in [0.2, 0.25) is 0 Å². The molecule has 0 saturated carbocycles. The summed E-state index contributed by atoms with van der Waals surface area (Å²) in [6.07, 6.45) is 1.82. The summed E-state index contributed by atoms with van der Waals surface area (Å²) < 4.78 is 10.4. The molecule has 0 aliphatic carbocycles. The van der Waals surface area contributed by atoms with E-state index in [0.717, 1.165) is 12.7 Å². The molecule has 1 aromatic rings. The first-order chi connectivity index (χ1) is 8.50. The van der Waals surface area contributed by atoms with Gasteiger partial charge in [-0.2, -0.15) is 0 Å². The van der Waals surface area contributed by atoms with Crippen LogP contribution < -0.4 is 0 Å². The highest BCUT2D eigenvalue weighted by atomic mass is 16.5. The zero-order valence-corrected chi connectivity index (χ0v) is 10.3. The van der Waals surface area contributed by atoms with E-state index < -0.39 is 5.97 Å². The van der Waals surface area contributed by atoms with Crippen LogP contribution in [0.1, 0.15) is 34.3 Å². The Kier molecular flexibility index (Phi) is 3.38. The number of likely N-dealkylation sites (N-methyl/N-ethyl adjacent to an activating group) is 1. The molecule has 2 rings (SSSR count). The molecule has 98 valence electrons. The molecule has 1 aliphatic rings. The van der Waals surface area contributed by atoms with Crippen molar-refractivity contribution in [2.45, 2.75) is 25.5 Å². The van der Waals surface area contributed by atoms with E-state index in [2.05, 4.69) is 0 Å². The van der Waals surface area contributed by atoms with Gasteiger partial charge in [0.15, 0.2) is 5.76 Å². The number of carbonyl (C=O) groups excluding carboxylic acids is 1. The normalized spacial score (nSPS) is 23.0. The standard InChI is InChI=1S/C12H15NO5/c1-7-9(3-4-17-7)13(2)11(14)10-5-8(6-18-10)12(15)16/h5-7,9H,3-4H2,1-2H3,(H,15,16). The van der Waals surface area contributed by atoms with Crippen LogP contribution in [-0.4, -0.2) is 47.7 Å². The first-order valence-electron chi connectivity index (χ1n) is 5.71. The minimum Gasteiger partial charge on any atom is -0.478 e. The Bertz CT molecular complexity index is 467. The molecule has 1 aliphatic heterocycles. The molecule has 2 atom stereocenters. The van der Waals surface area contributed by atoms with Crippen molar-refractivity contribution >= 4 is 11.9 Å². The van der Waals surface area contributed by atoms with Gasteiger partial charge in [0.05, 0.1) is 17.7 Å². The van der Waals surface area contributed by atoms with E-state index >= 15 is 0 Å². The molecule has 0 spiro atoms. The van der Waals surface area contributed by atoms with Gasteiger partial charge in [0.1, 0.15) is 6.26 Å². The summed E-state index contributed by atoms with van der Waals surface area (Å²) in [7, 11) is 1.67. The molecular formula is C12H15NO5. The van der Waals surface area contributed by atoms with Crippen molar-refractivity contribution in [2.75, 3.05) is 13.7 Å². The average molecular weight is 253 g/mol. The van der Waals surface area contributed by atoms with Crippen molar-refractivity contribution in [1.82, 2.24) is 4.90 Å². The highest BCUT2D eigenvalue weighted by Crippen LogP contribution is 2.20. The molecule has 1 amide bonds. The average Bonchev–Trinajstić information content (AvgIpc) is 2.95. The lowest BCUT2D eigenvalue weighted by molar-refractivity contribution is 0.0549. The van der Waals surface area contributed by atoms with E-state index in [1.165, 1.54) is 6.07 Å². The van der Waals surface area contributed by atoms with Crippen LogP contribution in [0, 0.1) is 0 Å². The minimum absolute atomic E-state index is 0.00382. The number of aromatic carboxylic acids is 1. The molecule has 1 fully saturated rings. The van der Waals surface area contributed by atoms with Gasteiger partial charge in [-0.3, -0.25) is 4.79 Å². The lowest BCUT2D eigenvalue weighted by Crippen LogP contribution is -2.40. The fourth-order valence-corrected chi connectivity index (χ4v) is 2.11. The first-order valence-corrected chi connectivity index (χ1v) is 5.71. The maximum Gasteiger partial charge on any atom is 0.338 e. The molecule has 1 aromatic heterocycles. The van der Waals surface area contributed by atoms with E-state index in [1.807, 2.05) is 6.92 Å². The molecule has 6 heteroatoms. The van der Waals surface area contributed by atoms with Gasteiger partial charge in [0.2, 0.25) is 0 Å².